The molecule has 72 valence electrons. The minimum absolute atomic E-state index is 0.130. The summed E-state index contributed by atoms with van der Waals surface area (Å²) in [7, 11) is 0. The summed E-state index contributed by atoms with van der Waals surface area (Å²) in [5.74, 6) is 1.05. The first-order chi connectivity index (χ1) is 6.24. The summed E-state index contributed by atoms with van der Waals surface area (Å²) in [5, 5.41) is 0. The molecule has 0 bridgehead atoms. The first kappa shape index (κ1) is 9.21. The first-order valence-corrected chi connectivity index (χ1v) is 5.53. The molecule has 0 radical (unpaired) electrons. The number of nitrogens with two attached hydrogens (primary N) is 1. The van der Waals surface area contributed by atoms with Gasteiger partial charge >= 0.3 is 0 Å². The van der Waals surface area contributed by atoms with Gasteiger partial charge in [-0.1, -0.05) is 6.92 Å². The molecule has 1 aliphatic heterocycles. The van der Waals surface area contributed by atoms with Crippen LogP contribution in [0.2, 0.25) is 0 Å². The van der Waals surface area contributed by atoms with Gasteiger partial charge in [-0.2, -0.15) is 0 Å². The average molecular weight is 244 g/mol. The van der Waals surface area contributed by atoms with Crippen molar-refractivity contribution in [2.45, 2.75) is 38.8 Å². The maximum absolute atomic E-state index is 5.98. The fourth-order valence-corrected chi connectivity index (χ4v) is 2.55. The van der Waals surface area contributed by atoms with E-state index in [1.807, 2.05) is 0 Å². The van der Waals surface area contributed by atoms with Crippen LogP contribution in [0.3, 0.4) is 0 Å². The Labute approximate surface area is 86.5 Å². The van der Waals surface area contributed by atoms with Crippen LogP contribution in [0.5, 0.6) is 0 Å². The van der Waals surface area contributed by atoms with E-state index in [9.17, 15) is 0 Å². The Morgan fingerprint density at radius 3 is 3.08 bits per heavy atom. The average Bonchev–Trinajstić information content (AvgIpc) is 2.45. The highest BCUT2D eigenvalue weighted by Gasteiger charge is 2.22. The molecule has 3 nitrogen and oxygen atoms in total. The molecule has 2 N–H and O–H groups in total. The van der Waals surface area contributed by atoms with E-state index in [-0.39, 0.29) is 6.04 Å². The third-order valence-electron chi connectivity index (χ3n) is 2.56. The van der Waals surface area contributed by atoms with E-state index in [4.69, 9.17) is 5.73 Å². The molecule has 1 atom stereocenters. The summed E-state index contributed by atoms with van der Waals surface area (Å²) >= 11 is 3.57. The largest absolute Gasteiger partial charge is 0.321 e. The van der Waals surface area contributed by atoms with Crippen LogP contribution in [0.4, 0.5) is 0 Å². The van der Waals surface area contributed by atoms with Crippen molar-refractivity contribution in [1.29, 1.82) is 0 Å². The molecular formula is C9H14BrN3. The molecule has 0 amide bonds. The molecule has 0 saturated carbocycles. The van der Waals surface area contributed by atoms with Gasteiger partial charge in [0.15, 0.2) is 0 Å². The van der Waals surface area contributed by atoms with Crippen molar-refractivity contribution in [2.24, 2.45) is 5.73 Å². The summed E-state index contributed by atoms with van der Waals surface area (Å²) in [4.78, 5) is 4.54. The smallest absolute Gasteiger partial charge is 0.126 e. The van der Waals surface area contributed by atoms with E-state index in [0.29, 0.717) is 0 Å². The molecule has 2 heterocycles. The van der Waals surface area contributed by atoms with Crippen molar-refractivity contribution in [3.05, 3.63) is 16.1 Å². The molecule has 0 aliphatic carbocycles. The Bertz CT molecular complexity index is 319. The number of rotatable bonds is 1. The van der Waals surface area contributed by atoms with Gasteiger partial charge < -0.3 is 10.3 Å². The molecule has 13 heavy (non-hydrogen) atoms. The van der Waals surface area contributed by atoms with Gasteiger partial charge in [0, 0.05) is 6.54 Å². The number of nitrogens with zero attached hydrogens (tertiary/aromatic N) is 2. The lowest BCUT2D eigenvalue weighted by Gasteiger charge is -2.20. The molecule has 1 aromatic rings. The summed E-state index contributed by atoms with van der Waals surface area (Å²) < 4.78 is 3.33. The lowest BCUT2D eigenvalue weighted by Crippen LogP contribution is -2.22. The van der Waals surface area contributed by atoms with Crippen molar-refractivity contribution in [3.63, 3.8) is 0 Å². The molecule has 2 rings (SSSR count). The number of aromatic nitrogens is 2. The van der Waals surface area contributed by atoms with E-state index in [0.717, 1.165) is 41.9 Å². The second-order valence-electron chi connectivity index (χ2n) is 3.46. The second-order valence-corrected chi connectivity index (χ2v) is 4.21. The third-order valence-corrected chi connectivity index (χ3v) is 3.45. The van der Waals surface area contributed by atoms with Gasteiger partial charge in [0.25, 0.3) is 0 Å². The number of hydrogen-bond donors (Lipinski definition) is 1. The Balaban J connectivity index is 2.48. The Morgan fingerprint density at radius 2 is 2.46 bits per heavy atom. The van der Waals surface area contributed by atoms with Crippen molar-refractivity contribution < 1.29 is 0 Å². The zero-order valence-electron chi connectivity index (χ0n) is 7.76. The van der Waals surface area contributed by atoms with Crippen LogP contribution in [0.25, 0.3) is 0 Å². The molecule has 4 heteroatoms. The monoisotopic (exact) mass is 243 g/mol. The van der Waals surface area contributed by atoms with Crippen molar-refractivity contribution in [3.8, 4) is 0 Å². The highest BCUT2D eigenvalue weighted by Crippen LogP contribution is 2.28. The van der Waals surface area contributed by atoms with Crippen LogP contribution in [-0.4, -0.2) is 9.55 Å². The highest BCUT2D eigenvalue weighted by molar-refractivity contribution is 9.10. The van der Waals surface area contributed by atoms with Crippen LogP contribution < -0.4 is 5.73 Å². The molecule has 0 aromatic carbocycles. The summed E-state index contributed by atoms with van der Waals surface area (Å²) in [6, 6.07) is 0.130. The van der Waals surface area contributed by atoms with Crippen molar-refractivity contribution in [1.82, 2.24) is 9.55 Å². The number of imidazole rings is 1. The van der Waals surface area contributed by atoms with Crippen molar-refractivity contribution in [2.75, 3.05) is 0 Å². The van der Waals surface area contributed by atoms with Gasteiger partial charge in [-0.15, -0.1) is 0 Å². The highest BCUT2D eigenvalue weighted by atomic mass is 79.9. The summed E-state index contributed by atoms with van der Waals surface area (Å²) in [6.45, 7) is 3.17. The van der Waals surface area contributed by atoms with Crippen LogP contribution >= 0.6 is 15.9 Å². The zero-order valence-corrected chi connectivity index (χ0v) is 9.34. The predicted octanol–water partition coefficient (Wildman–Crippen LogP) is 2.00. The fourth-order valence-electron chi connectivity index (χ4n) is 1.82. The van der Waals surface area contributed by atoms with Gasteiger partial charge in [-0.25, -0.2) is 4.98 Å². The third kappa shape index (κ3) is 1.42. The minimum atomic E-state index is 0.130. The lowest BCUT2D eigenvalue weighted by atomic mass is 10.1. The van der Waals surface area contributed by atoms with E-state index in [2.05, 4.69) is 32.4 Å². The van der Waals surface area contributed by atoms with E-state index >= 15 is 0 Å². The summed E-state index contributed by atoms with van der Waals surface area (Å²) in [5.41, 5.74) is 7.11. The van der Waals surface area contributed by atoms with E-state index in [1.54, 1.807) is 0 Å². The SMILES string of the molecule is CCc1nc2n(c1Br)CCCC2N. The molecule has 0 saturated heterocycles. The van der Waals surface area contributed by atoms with Gasteiger partial charge in [0.2, 0.25) is 0 Å². The maximum atomic E-state index is 5.98. The van der Waals surface area contributed by atoms with Crippen LogP contribution in [0.15, 0.2) is 4.60 Å². The number of hydrogen-bond acceptors (Lipinski definition) is 2. The number of halogens is 1. The quantitative estimate of drug-likeness (QED) is 0.821. The first-order valence-electron chi connectivity index (χ1n) is 4.74. The topological polar surface area (TPSA) is 43.8 Å². The fraction of sp³-hybridized carbons (Fsp3) is 0.667. The van der Waals surface area contributed by atoms with Gasteiger partial charge in [-0.05, 0) is 35.2 Å². The molecule has 0 fully saturated rings. The van der Waals surface area contributed by atoms with Gasteiger partial charge in [0.1, 0.15) is 10.4 Å². The normalized spacial score (nSPS) is 21.6. The van der Waals surface area contributed by atoms with Crippen LogP contribution in [-0.2, 0) is 13.0 Å². The molecule has 0 spiro atoms. The molecule has 1 unspecified atom stereocenters. The van der Waals surface area contributed by atoms with E-state index in [1.165, 1.54) is 0 Å². The van der Waals surface area contributed by atoms with Crippen molar-refractivity contribution >= 4 is 15.9 Å². The van der Waals surface area contributed by atoms with Gasteiger partial charge in [0.05, 0.1) is 11.7 Å². The Morgan fingerprint density at radius 1 is 1.69 bits per heavy atom. The molecule has 1 aliphatic rings. The Hall–Kier alpha value is -0.350. The van der Waals surface area contributed by atoms with E-state index < -0.39 is 0 Å². The van der Waals surface area contributed by atoms with Crippen LogP contribution in [0.1, 0.15) is 37.3 Å². The number of fused-ring (bicyclic) bond motifs is 1. The maximum Gasteiger partial charge on any atom is 0.126 e. The standard InChI is InChI=1S/C9H14BrN3/c1-2-7-8(10)13-5-3-4-6(11)9(13)12-7/h6H,2-5,11H2,1H3. The molecule has 1 aromatic heterocycles. The number of aryl methyl sites for hydroxylation is 1. The zero-order chi connectivity index (χ0) is 9.42. The lowest BCUT2D eigenvalue weighted by molar-refractivity contribution is 0.447. The second kappa shape index (κ2) is 3.42. The Kier molecular flexibility index (Phi) is 2.43. The minimum Gasteiger partial charge on any atom is -0.321 e. The van der Waals surface area contributed by atoms with Gasteiger partial charge in [-0.3, -0.25) is 0 Å². The summed E-state index contributed by atoms with van der Waals surface area (Å²) in [6.07, 6.45) is 3.19. The molecular weight excluding hydrogens is 230 g/mol. The van der Waals surface area contributed by atoms with Crippen LogP contribution in [0, 0.1) is 0 Å². The predicted molar refractivity (Wildman–Crippen MR) is 55.5 cm³/mol.